The van der Waals surface area contributed by atoms with Crippen LogP contribution in [-0.2, 0) is 0 Å². The van der Waals surface area contributed by atoms with Crippen LogP contribution in [0.15, 0.2) is 18.2 Å². The van der Waals surface area contributed by atoms with E-state index in [2.05, 4.69) is 0 Å². The van der Waals surface area contributed by atoms with Gasteiger partial charge in [0.2, 0.25) is 0 Å². The molecule has 0 aromatic heterocycles. The minimum absolute atomic E-state index is 0.0570. The van der Waals surface area contributed by atoms with Crippen molar-refractivity contribution in [3.8, 4) is 5.75 Å². The van der Waals surface area contributed by atoms with Gasteiger partial charge in [0, 0.05) is 18.2 Å². The van der Waals surface area contributed by atoms with Crippen molar-refractivity contribution in [2.24, 2.45) is 0 Å². The van der Waals surface area contributed by atoms with Crippen LogP contribution in [0, 0.1) is 6.92 Å². The van der Waals surface area contributed by atoms with Crippen LogP contribution in [0.4, 0.5) is 0 Å². The summed E-state index contributed by atoms with van der Waals surface area (Å²) < 4.78 is 0. The summed E-state index contributed by atoms with van der Waals surface area (Å²) in [5.74, 6) is 0.0931. The topological polar surface area (TPSA) is 60.8 Å². The number of hydrogen-bond acceptors (Lipinski definition) is 3. The molecule has 1 aliphatic rings. The molecule has 1 aliphatic heterocycles. The zero-order chi connectivity index (χ0) is 14.0. The predicted octanol–water partition coefficient (Wildman–Crippen LogP) is 2.08. The summed E-state index contributed by atoms with van der Waals surface area (Å²) in [5.41, 5.74) is 1.28. The van der Waals surface area contributed by atoms with E-state index in [-0.39, 0.29) is 17.7 Å². The molecule has 0 saturated carbocycles. The molecule has 1 fully saturated rings. The molecule has 2 rings (SSSR count). The molecule has 1 amide bonds. The molecule has 104 valence electrons. The van der Waals surface area contributed by atoms with Crippen LogP contribution in [-0.4, -0.2) is 39.7 Å². The summed E-state index contributed by atoms with van der Waals surface area (Å²) in [7, 11) is 0. The number of phenolic OH excluding ortho intramolecular Hbond substituents is 1. The number of aliphatic hydroxyl groups excluding tert-OH is 1. The number of aromatic hydroxyl groups is 1. The molecule has 0 aliphatic carbocycles. The number of aryl methyl sites for hydroxylation is 1. The van der Waals surface area contributed by atoms with Gasteiger partial charge in [-0.2, -0.15) is 0 Å². The Labute approximate surface area is 113 Å². The average molecular weight is 263 g/mol. The van der Waals surface area contributed by atoms with Gasteiger partial charge in [0.1, 0.15) is 5.75 Å². The normalized spacial score (nSPS) is 20.6. The van der Waals surface area contributed by atoms with Gasteiger partial charge in [0.15, 0.2) is 0 Å². The molecule has 1 aromatic rings. The Hall–Kier alpha value is -1.55. The minimum atomic E-state index is -0.398. The molecule has 19 heavy (non-hydrogen) atoms. The summed E-state index contributed by atoms with van der Waals surface area (Å²) in [6.07, 6.45) is 2.13. The summed E-state index contributed by atoms with van der Waals surface area (Å²) in [6.45, 7) is 4.28. The quantitative estimate of drug-likeness (QED) is 0.877. The van der Waals surface area contributed by atoms with Crippen molar-refractivity contribution in [3.63, 3.8) is 0 Å². The lowest BCUT2D eigenvalue weighted by Crippen LogP contribution is -2.37. The van der Waals surface area contributed by atoms with Gasteiger partial charge in [-0.05, 0) is 50.8 Å². The number of benzene rings is 1. The van der Waals surface area contributed by atoms with Crippen molar-refractivity contribution >= 4 is 5.91 Å². The maximum absolute atomic E-state index is 12.4. The highest BCUT2D eigenvalue weighted by Crippen LogP contribution is 2.25. The van der Waals surface area contributed by atoms with E-state index >= 15 is 0 Å². The smallest absolute Gasteiger partial charge is 0.254 e. The van der Waals surface area contributed by atoms with Crippen LogP contribution in [0.3, 0.4) is 0 Å². The predicted molar refractivity (Wildman–Crippen MR) is 73.2 cm³/mol. The van der Waals surface area contributed by atoms with Crippen LogP contribution in [0.1, 0.15) is 42.1 Å². The second kappa shape index (κ2) is 5.61. The van der Waals surface area contributed by atoms with Crippen molar-refractivity contribution in [1.82, 2.24) is 4.90 Å². The lowest BCUT2D eigenvalue weighted by atomic mass is 10.1. The molecule has 0 spiro atoms. The summed E-state index contributed by atoms with van der Waals surface area (Å²) in [6, 6.07) is 5.13. The first-order chi connectivity index (χ1) is 8.99. The van der Waals surface area contributed by atoms with Crippen LogP contribution >= 0.6 is 0 Å². The number of amides is 1. The molecule has 2 atom stereocenters. The highest BCUT2D eigenvalue weighted by molar-refractivity contribution is 5.95. The Kier molecular flexibility index (Phi) is 4.10. The van der Waals surface area contributed by atoms with Crippen molar-refractivity contribution in [2.75, 3.05) is 6.54 Å². The van der Waals surface area contributed by atoms with Crippen LogP contribution in [0.5, 0.6) is 5.75 Å². The fraction of sp³-hybridized carbons (Fsp3) is 0.533. The van der Waals surface area contributed by atoms with Crippen molar-refractivity contribution in [1.29, 1.82) is 0 Å². The third-order valence-electron chi connectivity index (χ3n) is 3.71. The second-order valence-corrected chi connectivity index (χ2v) is 5.38. The number of carbonyl (C=O) groups excluding carboxylic acids is 1. The van der Waals surface area contributed by atoms with Gasteiger partial charge in [-0.25, -0.2) is 0 Å². The Bertz CT molecular complexity index is 470. The highest BCUT2D eigenvalue weighted by atomic mass is 16.3. The van der Waals surface area contributed by atoms with E-state index in [0.29, 0.717) is 12.0 Å². The molecule has 0 unspecified atom stereocenters. The number of rotatable bonds is 3. The van der Waals surface area contributed by atoms with E-state index in [1.165, 1.54) is 6.07 Å². The van der Waals surface area contributed by atoms with Gasteiger partial charge in [-0.1, -0.05) is 6.07 Å². The van der Waals surface area contributed by atoms with E-state index in [1.807, 2.05) is 4.90 Å². The van der Waals surface area contributed by atoms with Crippen molar-refractivity contribution in [3.05, 3.63) is 29.3 Å². The molecule has 0 radical (unpaired) electrons. The molecule has 0 bridgehead atoms. The van der Waals surface area contributed by atoms with Gasteiger partial charge in [0.05, 0.1) is 6.10 Å². The second-order valence-electron chi connectivity index (χ2n) is 5.38. The molecule has 2 N–H and O–H groups in total. The number of hydrogen-bond donors (Lipinski definition) is 2. The molecule has 4 heteroatoms. The SMILES string of the molecule is Cc1ccc(C(=O)N2CCC[C@H]2C[C@H](C)O)cc1O. The average Bonchev–Trinajstić information content (AvgIpc) is 2.79. The third kappa shape index (κ3) is 3.07. The number of nitrogens with zero attached hydrogens (tertiary/aromatic N) is 1. The maximum atomic E-state index is 12.4. The first kappa shape index (κ1) is 13.9. The van der Waals surface area contributed by atoms with Gasteiger partial charge in [-0.15, -0.1) is 0 Å². The lowest BCUT2D eigenvalue weighted by molar-refractivity contribution is 0.0681. The molecular formula is C15H21NO3. The Morgan fingerprint density at radius 2 is 2.26 bits per heavy atom. The van der Waals surface area contributed by atoms with E-state index in [0.717, 1.165) is 24.9 Å². The monoisotopic (exact) mass is 263 g/mol. The van der Waals surface area contributed by atoms with Gasteiger partial charge >= 0.3 is 0 Å². The molecule has 4 nitrogen and oxygen atoms in total. The summed E-state index contributed by atoms with van der Waals surface area (Å²) in [4.78, 5) is 14.3. The Morgan fingerprint density at radius 1 is 1.53 bits per heavy atom. The standard InChI is InChI=1S/C15H21NO3/c1-10-5-6-12(9-14(10)18)15(19)16-7-3-4-13(16)8-11(2)17/h5-6,9,11,13,17-18H,3-4,7-8H2,1-2H3/t11-,13-/m0/s1. The number of phenols is 1. The molecule has 1 saturated heterocycles. The van der Waals surface area contributed by atoms with E-state index in [4.69, 9.17) is 0 Å². The van der Waals surface area contributed by atoms with Crippen LogP contribution in [0.25, 0.3) is 0 Å². The van der Waals surface area contributed by atoms with Crippen molar-refractivity contribution in [2.45, 2.75) is 45.3 Å². The summed E-state index contributed by atoms with van der Waals surface area (Å²) in [5, 5.41) is 19.2. The highest BCUT2D eigenvalue weighted by Gasteiger charge is 2.30. The molecule has 1 heterocycles. The van der Waals surface area contributed by atoms with Gasteiger partial charge < -0.3 is 15.1 Å². The summed E-state index contributed by atoms with van der Waals surface area (Å²) >= 11 is 0. The molecular weight excluding hydrogens is 242 g/mol. The first-order valence-corrected chi connectivity index (χ1v) is 6.77. The maximum Gasteiger partial charge on any atom is 0.254 e. The Balaban J connectivity index is 2.16. The third-order valence-corrected chi connectivity index (χ3v) is 3.71. The number of carbonyl (C=O) groups is 1. The molecule has 1 aromatic carbocycles. The van der Waals surface area contributed by atoms with Crippen molar-refractivity contribution < 1.29 is 15.0 Å². The zero-order valence-corrected chi connectivity index (χ0v) is 11.5. The number of aliphatic hydroxyl groups is 1. The fourth-order valence-corrected chi connectivity index (χ4v) is 2.65. The lowest BCUT2D eigenvalue weighted by Gasteiger charge is -2.26. The van der Waals surface area contributed by atoms with E-state index < -0.39 is 6.10 Å². The van der Waals surface area contributed by atoms with Gasteiger partial charge in [-0.3, -0.25) is 4.79 Å². The Morgan fingerprint density at radius 3 is 2.89 bits per heavy atom. The zero-order valence-electron chi connectivity index (χ0n) is 11.5. The largest absolute Gasteiger partial charge is 0.508 e. The van der Waals surface area contributed by atoms with E-state index in [9.17, 15) is 15.0 Å². The first-order valence-electron chi connectivity index (χ1n) is 6.77. The minimum Gasteiger partial charge on any atom is -0.508 e. The van der Waals surface area contributed by atoms with E-state index in [1.54, 1.807) is 26.0 Å². The van der Waals surface area contributed by atoms with Crippen LogP contribution < -0.4 is 0 Å². The van der Waals surface area contributed by atoms with Crippen LogP contribution in [0.2, 0.25) is 0 Å². The number of likely N-dealkylation sites (tertiary alicyclic amines) is 1. The van der Waals surface area contributed by atoms with Gasteiger partial charge in [0.25, 0.3) is 5.91 Å². The fourth-order valence-electron chi connectivity index (χ4n) is 2.65.